The van der Waals surface area contributed by atoms with Gasteiger partial charge in [0.2, 0.25) is 5.88 Å². The third-order valence-corrected chi connectivity index (χ3v) is 7.62. The molecule has 1 aliphatic rings. The molecule has 1 aliphatic carbocycles. The normalized spacial score (nSPS) is 20.1. The van der Waals surface area contributed by atoms with Crippen molar-refractivity contribution in [2.24, 2.45) is 11.8 Å². The average molecular weight is 582 g/mol. The first-order valence-corrected chi connectivity index (χ1v) is 13.7. The SMILES string of the molecule is CCN(Cc1cc(OCc2ccccc2)n(C(C)C2CCC(C(C)I)C2)n1)C(=O)OC(C)(C)C. The number of nitrogens with zero attached hydrogens (tertiary/aromatic N) is 3. The molecule has 2 aromatic rings. The molecule has 0 spiro atoms. The Labute approximate surface area is 218 Å². The van der Waals surface area contributed by atoms with E-state index in [4.69, 9.17) is 14.6 Å². The predicted molar refractivity (Wildman–Crippen MR) is 144 cm³/mol. The predicted octanol–water partition coefficient (Wildman–Crippen LogP) is 7.02. The summed E-state index contributed by atoms with van der Waals surface area (Å²) in [7, 11) is 0. The Kier molecular flexibility index (Phi) is 9.29. The number of hydrogen-bond donors (Lipinski definition) is 0. The third kappa shape index (κ3) is 7.36. The minimum atomic E-state index is -0.531. The van der Waals surface area contributed by atoms with E-state index in [-0.39, 0.29) is 12.1 Å². The molecule has 0 radical (unpaired) electrons. The molecule has 34 heavy (non-hydrogen) atoms. The van der Waals surface area contributed by atoms with Gasteiger partial charge in [0.25, 0.3) is 0 Å². The number of hydrogen-bond acceptors (Lipinski definition) is 4. The van der Waals surface area contributed by atoms with E-state index in [1.165, 1.54) is 19.3 Å². The van der Waals surface area contributed by atoms with Crippen LogP contribution in [0.2, 0.25) is 0 Å². The number of ether oxygens (including phenoxy) is 2. The Bertz CT molecular complexity index is 923. The number of alkyl halides is 1. The van der Waals surface area contributed by atoms with Crippen LogP contribution in [-0.4, -0.2) is 36.8 Å². The summed E-state index contributed by atoms with van der Waals surface area (Å²) in [6.07, 6.45) is 3.39. The summed E-state index contributed by atoms with van der Waals surface area (Å²) >= 11 is 2.56. The first-order valence-electron chi connectivity index (χ1n) is 12.4. The Morgan fingerprint density at radius 2 is 1.88 bits per heavy atom. The van der Waals surface area contributed by atoms with Crippen LogP contribution in [0.3, 0.4) is 0 Å². The highest BCUT2D eigenvalue weighted by molar-refractivity contribution is 14.1. The molecule has 0 aliphatic heterocycles. The number of carbonyl (C=O) groups is 1. The number of halogens is 1. The van der Waals surface area contributed by atoms with Gasteiger partial charge in [-0.2, -0.15) is 5.10 Å². The molecule has 7 heteroatoms. The lowest BCUT2D eigenvalue weighted by atomic mass is 9.97. The van der Waals surface area contributed by atoms with Crippen LogP contribution >= 0.6 is 22.6 Å². The highest BCUT2D eigenvalue weighted by atomic mass is 127. The molecule has 0 bridgehead atoms. The van der Waals surface area contributed by atoms with Crippen molar-refractivity contribution in [3.05, 3.63) is 47.7 Å². The zero-order chi connectivity index (χ0) is 24.9. The molecule has 188 valence electrons. The number of carbonyl (C=O) groups excluding carboxylic acids is 1. The van der Waals surface area contributed by atoms with Crippen LogP contribution in [0.4, 0.5) is 4.79 Å². The fourth-order valence-electron chi connectivity index (χ4n) is 4.57. The van der Waals surface area contributed by atoms with E-state index in [0.29, 0.717) is 29.5 Å². The second-order valence-electron chi connectivity index (χ2n) is 10.4. The Morgan fingerprint density at radius 3 is 2.47 bits per heavy atom. The van der Waals surface area contributed by atoms with Gasteiger partial charge in [0, 0.05) is 16.5 Å². The molecule has 1 aromatic carbocycles. The number of benzene rings is 1. The van der Waals surface area contributed by atoms with Crippen molar-refractivity contribution < 1.29 is 14.3 Å². The molecule has 1 saturated carbocycles. The highest BCUT2D eigenvalue weighted by Gasteiger charge is 2.33. The van der Waals surface area contributed by atoms with E-state index in [9.17, 15) is 4.79 Å². The van der Waals surface area contributed by atoms with Crippen molar-refractivity contribution in [2.75, 3.05) is 6.54 Å². The minimum Gasteiger partial charge on any atom is -0.473 e. The quantitative estimate of drug-likeness (QED) is 0.236. The number of aromatic nitrogens is 2. The summed E-state index contributed by atoms with van der Waals surface area (Å²) in [6, 6.07) is 12.4. The van der Waals surface area contributed by atoms with Crippen LogP contribution in [0, 0.1) is 11.8 Å². The van der Waals surface area contributed by atoms with Crippen LogP contribution in [0.1, 0.15) is 78.1 Å². The summed E-state index contributed by atoms with van der Waals surface area (Å²) in [5, 5.41) is 4.94. The van der Waals surface area contributed by atoms with Crippen LogP contribution in [-0.2, 0) is 17.9 Å². The van der Waals surface area contributed by atoms with Gasteiger partial charge in [-0.1, -0.05) is 59.8 Å². The van der Waals surface area contributed by atoms with Gasteiger partial charge in [-0.3, -0.25) is 0 Å². The Balaban J connectivity index is 1.80. The maximum atomic E-state index is 12.7. The molecule has 0 saturated heterocycles. The second-order valence-corrected chi connectivity index (χ2v) is 12.4. The smallest absolute Gasteiger partial charge is 0.410 e. The van der Waals surface area contributed by atoms with E-state index >= 15 is 0 Å². The third-order valence-electron chi connectivity index (χ3n) is 6.60. The lowest BCUT2D eigenvalue weighted by molar-refractivity contribution is 0.0241. The summed E-state index contributed by atoms with van der Waals surface area (Å²) < 4.78 is 14.6. The van der Waals surface area contributed by atoms with Gasteiger partial charge >= 0.3 is 6.09 Å². The maximum Gasteiger partial charge on any atom is 0.410 e. The molecule has 4 unspecified atom stereocenters. The Morgan fingerprint density at radius 1 is 1.21 bits per heavy atom. The molecule has 1 heterocycles. The summed E-state index contributed by atoms with van der Waals surface area (Å²) in [6.45, 7) is 13.6. The van der Waals surface area contributed by atoms with Crippen molar-refractivity contribution in [3.63, 3.8) is 0 Å². The molecule has 1 amide bonds. The van der Waals surface area contributed by atoms with Gasteiger partial charge in [-0.15, -0.1) is 0 Å². The largest absolute Gasteiger partial charge is 0.473 e. The lowest BCUT2D eigenvalue weighted by Crippen LogP contribution is -2.36. The zero-order valence-electron chi connectivity index (χ0n) is 21.5. The highest BCUT2D eigenvalue weighted by Crippen LogP contribution is 2.42. The van der Waals surface area contributed by atoms with E-state index in [1.54, 1.807) is 4.90 Å². The molecule has 6 nitrogen and oxygen atoms in total. The van der Waals surface area contributed by atoms with Crippen molar-refractivity contribution in [1.29, 1.82) is 0 Å². The summed E-state index contributed by atoms with van der Waals surface area (Å²) in [4.78, 5) is 14.4. The van der Waals surface area contributed by atoms with E-state index < -0.39 is 5.60 Å². The summed E-state index contributed by atoms with van der Waals surface area (Å²) in [5.41, 5.74) is 1.41. The van der Waals surface area contributed by atoms with Crippen LogP contribution in [0.25, 0.3) is 0 Å². The first-order chi connectivity index (χ1) is 16.1. The van der Waals surface area contributed by atoms with E-state index in [1.807, 2.05) is 56.6 Å². The summed E-state index contributed by atoms with van der Waals surface area (Å²) in [5.74, 6) is 2.10. The van der Waals surface area contributed by atoms with Crippen LogP contribution in [0.5, 0.6) is 5.88 Å². The molecule has 0 N–H and O–H groups in total. The van der Waals surface area contributed by atoms with Gasteiger partial charge in [0.05, 0.1) is 18.3 Å². The average Bonchev–Trinajstić information content (AvgIpc) is 3.42. The number of rotatable bonds is 9. The minimum absolute atomic E-state index is 0.233. The maximum absolute atomic E-state index is 12.7. The molecule has 1 aromatic heterocycles. The molecular weight excluding hydrogens is 541 g/mol. The lowest BCUT2D eigenvalue weighted by Gasteiger charge is -2.26. The van der Waals surface area contributed by atoms with Gasteiger partial charge < -0.3 is 14.4 Å². The van der Waals surface area contributed by atoms with Gasteiger partial charge in [-0.05, 0) is 71.3 Å². The second kappa shape index (κ2) is 11.8. The molecular formula is C27H40IN3O3. The molecule has 4 atom stereocenters. The monoisotopic (exact) mass is 581 g/mol. The number of amides is 1. The van der Waals surface area contributed by atoms with Gasteiger partial charge in [0.15, 0.2) is 0 Å². The van der Waals surface area contributed by atoms with Crippen molar-refractivity contribution in [1.82, 2.24) is 14.7 Å². The standard InChI is InChI=1S/C27H40IN3O3/c1-7-30(26(32)34-27(4,5)6)17-24-16-25(33-18-21-11-9-8-10-12-21)31(29-24)20(3)23-14-13-22(15-23)19(2)28/h8-12,16,19-20,22-23H,7,13-15,17-18H2,1-6H3. The van der Waals surface area contributed by atoms with Gasteiger partial charge in [-0.25, -0.2) is 9.48 Å². The van der Waals surface area contributed by atoms with E-state index in [0.717, 1.165) is 23.1 Å². The fraction of sp³-hybridized carbons (Fsp3) is 0.630. The zero-order valence-corrected chi connectivity index (χ0v) is 23.6. The van der Waals surface area contributed by atoms with Crippen molar-refractivity contribution in [2.45, 2.75) is 89.5 Å². The van der Waals surface area contributed by atoms with Crippen LogP contribution in [0.15, 0.2) is 36.4 Å². The Hall–Kier alpha value is -1.77. The molecule has 3 rings (SSSR count). The topological polar surface area (TPSA) is 56.6 Å². The fourth-order valence-corrected chi connectivity index (χ4v) is 5.22. The van der Waals surface area contributed by atoms with Crippen molar-refractivity contribution in [3.8, 4) is 5.88 Å². The molecule has 1 fully saturated rings. The van der Waals surface area contributed by atoms with Crippen LogP contribution < -0.4 is 4.74 Å². The van der Waals surface area contributed by atoms with Gasteiger partial charge in [0.1, 0.15) is 12.2 Å². The van der Waals surface area contributed by atoms with Crippen molar-refractivity contribution >= 4 is 28.7 Å². The first kappa shape index (κ1) is 26.8. The van der Waals surface area contributed by atoms with E-state index in [2.05, 4.69) is 48.6 Å².